The van der Waals surface area contributed by atoms with Gasteiger partial charge in [0.25, 0.3) is 0 Å². The van der Waals surface area contributed by atoms with E-state index in [1.807, 2.05) is 31.3 Å². The summed E-state index contributed by atoms with van der Waals surface area (Å²) in [7, 11) is -1.06. The zero-order valence-corrected chi connectivity index (χ0v) is 10.4. The molecule has 1 rings (SSSR count). The first kappa shape index (κ1) is 13.0. The smallest absolute Gasteiger partial charge is 0.150 e. The maximum absolute atomic E-state index is 10.9. The van der Waals surface area contributed by atoms with Gasteiger partial charge in [0.15, 0.2) is 9.84 Å². The molecule has 0 amide bonds. The summed E-state index contributed by atoms with van der Waals surface area (Å²) in [6.07, 6.45) is 1.20. The van der Waals surface area contributed by atoms with E-state index in [4.69, 9.17) is 4.74 Å². The van der Waals surface area contributed by atoms with Crippen molar-refractivity contribution < 1.29 is 13.2 Å². The summed E-state index contributed by atoms with van der Waals surface area (Å²) in [5, 5.41) is 3.05. The molecule has 0 fully saturated rings. The van der Waals surface area contributed by atoms with Crippen molar-refractivity contribution in [1.82, 2.24) is 5.32 Å². The van der Waals surface area contributed by atoms with Gasteiger partial charge in [0, 0.05) is 12.8 Å². The van der Waals surface area contributed by atoms with Crippen LogP contribution in [0, 0.1) is 0 Å². The lowest BCUT2D eigenvalue weighted by atomic mass is 10.2. The molecule has 0 aliphatic carbocycles. The second-order valence-corrected chi connectivity index (χ2v) is 5.91. The third-order valence-electron chi connectivity index (χ3n) is 2.03. The van der Waals surface area contributed by atoms with Gasteiger partial charge in [-0.3, -0.25) is 0 Å². The standard InChI is InChI=1S/C11H17NO3S/c1-12-9-10-3-5-11(6-4-10)15-7-8-16(2,13)14/h3-6,12H,7-9H2,1-2H3. The highest BCUT2D eigenvalue weighted by Gasteiger charge is 2.02. The fourth-order valence-electron chi connectivity index (χ4n) is 1.22. The van der Waals surface area contributed by atoms with E-state index in [0.717, 1.165) is 12.1 Å². The van der Waals surface area contributed by atoms with E-state index in [0.29, 0.717) is 5.75 Å². The number of hydrogen-bond donors (Lipinski definition) is 1. The van der Waals surface area contributed by atoms with Crippen molar-refractivity contribution in [3.8, 4) is 5.75 Å². The number of sulfone groups is 1. The van der Waals surface area contributed by atoms with Crippen LogP contribution in [0.4, 0.5) is 0 Å². The first-order valence-electron chi connectivity index (χ1n) is 5.05. The molecule has 0 aliphatic heterocycles. The molecule has 0 bridgehead atoms. The van der Waals surface area contributed by atoms with Crippen molar-refractivity contribution in [2.24, 2.45) is 0 Å². The number of rotatable bonds is 6. The van der Waals surface area contributed by atoms with Crippen molar-refractivity contribution in [3.05, 3.63) is 29.8 Å². The number of nitrogens with one attached hydrogen (secondary N) is 1. The highest BCUT2D eigenvalue weighted by molar-refractivity contribution is 7.90. The molecule has 0 radical (unpaired) electrons. The van der Waals surface area contributed by atoms with Gasteiger partial charge in [0.1, 0.15) is 12.4 Å². The lowest BCUT2D eigenvalue weighted by Crippen LogP contribution is -2.12. The van der Waals surface area contributed by atoms with Crippen molar-refractivity contribution >= 4 is 9.84 Å². The van der Waals surface area contributed by atoms with Gasteiger partial charge >= 0.3 is 0 Å². The first-order valence-corrected chi connectivity index (χ1v) is 7.11. The van der Waals surface area contributed by atoms with Gasteiger partial charge in [-0.05, 0) is 24.7 Å². The Bertz CT molecular complexity index is 411. The summed E-state index contributed by atoms with van der Waals surface area (Å²) in [5.74, 6) is 0.745. The Morgan fingerprint density at radius 3 is 2.38 bits per heavy atom. The Hall–Kier alpha value is -1.07. The normalized spacial score (nSPS) is 11.4. The summed E-state index contributed by atoms with van der Waals surface area (Å²) in [5.41, 5.74) is 1.16. The fourth-order valence-corrected chi connectivity index (χ4v) is 1.60. The second-order valence-electron chi connectivity index (χ2n) is 3.65. The van der Waals surface area contributed by atoms with Crippen LogP contribution >= 0.6 is 0 Å². The van der Waals surface area contributed by atoms with Gasteiger partial charge < -0.3 is 10.1 Å². The molecule has 0 saturated heterocycles. The molecule has 4 nitrogen and oxygen atoms in total. The van der Waals surface area contributed by atoms with Crippen LogP contribution in [0.5, 0.6) is 5.75 Å². The average Bonchev–Trinajstić information content (AvgIpc) is 2.19. The van der Waals surface area contributed by atoms with Crippen molar-refractivity contribution in [3.63, 3.8) is 0 Å². The van der Waals surface area contributed by atoms with Crippen molar-refractivity contribution in [1.29, 1.82) is 0 Å². The topological polar surface area (TPSA) is 55.4 Å². The maximum Gasteiger partial charge on any atom is 0.150 e. The summed E-state index contributed by atoms with van der Waals surface area (Å²) in [6.45, 7) is 1.01. The number of benzene rings is 1. The predicted octanol–water partition coefficient (Wildman–Crippen LogP) is 0.829. The van der Waals surface area contributed by atoms with E-state index < -0.39 is 9.84 Å². The minimum Gasteiger partial charge on any atom is -0.493 e. The molecule has 0 heterocycles. The van der Waals surface area contributed by atoms with E-state index in [1.165, 1.54) is 6.26 Å². The molecule has 16 heavy (non-hydrogen) atoms. The van der Waals surface area contributed by atoms with Crippen LogP contribution in [-0.2, 0) is 16.4 Å². The lowest BCUT2D eigenvalue weighted by Gasteiger charge is -2.06. The van der Waals surface area contributed by atoms with Crippen LogP contribution in [0.15, 0.2) is 24.3 Å². The highest BCUT2D eigenvalue weighted by Crippen LogP contribution is 2.11. The molecule has 1 N–H and O–H groups in total. The molecule has 90 valence electrons. The van der Waals surface area contributed by atoms with Gasteiger partial charge in [0.2, 0.25) is 0 Å². The Kier molecular flexibility index (Phi) is 4.76. The highest BCUT2D eigenvalue weighted by atomic mass is 32.2. The third-order valence-corrected chi connectivity index (χ3v) is 2.94. The summed E-state index contributed by atoms with van der Waals surface area (Å²) in [4.78, 5) is 0. The summed E-state index contributed by atoms with van der Waals surface area (Å²) < 4.78 is 27.1. The molecular formula is C11H17NO3S. The molecule has 0 atom stereocenters. The van der Waals surface area contributed by atoms with Gasteiger partial charge in [-0.1, -0.05) is 12.1 Å². The third kappa shape index (κ3) is 5.14. The molecule has 0 aromatic heterocycles. The van der Waals surface area contributed by atoms with Crippen LogP contribution in [-0.4, -0.2) is 34.1 Å². The molecule has 0 saturated carbocycles. The van der Waals surface area contributed by atoms with E-state index in [2.05, 4.69) is 5.32 Å². The molecule has 1 aromatic rings. The summed E-state index contributed by atoms with van der Waals surface area (Å²) in [6, 6.07) is 7.59. The van der Waals surface area contributed by atoms with E-state index >= 15 is 0 Å². The van der Waals surface area contributed by atoms with Crippen LogP contribution in [0.25, 0.3) is 0 Å². The van der Waals surface area contributed by atoms with Crippen molar-refractivity contribution in [2.75, 3.05) is 25.7 Å². The van der Waals surface area contributed by atoms with Gasteiger partial charge in [-0.2, -0.15) is 0 Å². The maximum atomic E-state index is 10.9. The van der Waals surface area contributed by atoms with Gasteiger partial charge in [-0.25, -0.2) is 8.42 Å². The lowest BCUT2D eigenvalue weighted by molar-refractivity contribution is 0.341. The van der Waals surface area contributed by atoms with Crippen LogP contribution in [0.3, 0.4) is 0 Å². The number of hydrogen-bond acceptors (Lipinski definition) is 4. The van der Waals surface area contributed by atoms with Gasteiger partial charge in [-0.15, -0.1) is 0 Å². The molecular weight excluding hydrogens is 226 g/mol. The zero-order valence-electron chi connectivity index (χ0n) is 9.56. The molecule has 0 unspecified atom stereocenters. The minimum absolute atomic E-state index is 0.0469. The van der Waals surface area contributed by atoms with Crippen LogP contribution in [0.2, 0.25) is 0 Å². The average molecular weight is 243 g/mol. The number of ether oxygens (including phenoxy) is 1. The second kappa shape index (κ2) is 5.86. The van der Waals surface area contributed by atoms with Crippen molar-refractivity contribution in [2.45, 2.75) is 6.54 Å². The Morgan fingerprint density at radius 2 is 1.88 bits per heavy atom. The fraction of sp³-hybridized carbons (Fsp3) is 0.455. The van der Waals surface area contributed by atoms with E-state index in [1.54, 1.807) is 0 Å². The molecule has 0 spiro atoms. The van der Waals surface area contributed by atoms with Crippen LogP contribution < -0.4 is 10.1 Å². The SMILES string of the molecule is CNCc1ccc(OCCS(C)(=O)=O)cc1. The largest absolute Gasteiger partial charge is 0.493 e. The Balaban J connectivity index is 2.43. The van der Waals surface area contributed by atoms with E-state index in [-0.39, 0.29) is 12.4 Å². The quantitative estimate of drug-likeness (QED) is 0.804. The van der Waals surface area contributed by atoms with Crippen LogP contribution in [0.1, 0.15) is 5.56 Å². The Morgan fingerprint density at radius 1 is 1.25 bits per heavy atom. The minimum atomic E-state index is -2.95. The molecule has 0 aliphatic rings. The first-order chi connectivity index (χ1) is 7.51. The molecule has 5 heteroatoms. The van der Waals surface area contributed by atoms with E-state index in [9.17, 15) is 8.42 Å². The monoisotopic (exact) mass is 243 g/mol. The molecule has 1 aromatic carbocycles. The summed E-state index contributed by atoms with van der Waals surface area (Å²) >= 11 is 0. The zero-order chi connectivity index (χ0) is 12.0. The van der Waals surface area contributed by atoms with Gasteiger partial charge in [0.05, 0.1) is 5.75 Å². The Labute approximate surface area is 96.5 Å². The predicted molar refractivity (Wildman–Crippen MR) is 64.4 cm³/mol.